The van der Waals surface area contributed by atoms with E-state index < -0.39 is 0 Å². The van der Waals surface area contributed by atoms with Gasteiger partial charge in [-0.2, -0.15) is 11.8 Å². The Hall–Kier alpha value is -0.440. The SMILES string of the molecule is C=CCSCCNC1=NCCCC1. The van der Waals surface area contributed by atoms with Crippen LogP contribution in [-0.4, -0.2) is 30.4 Å². The summed E-state index contributed by atoms with van der Waals surface area (Å²) in [5, 5.41) is 3.38. The summed E-state index contributed by atoms with van der Waals surface area (Å²) in [4.78, 5) is 4.42. The van der Waals surface area contributed by atoms with Crippen LogP contribution in [0.15, 0.2) is 17.6 Å². The fourth-order valence-corrected chi connectivity index (χ4v) is 1.86. The molecule has 13 heavy (non-hydrogen) atoms. The Morgan fingerprint density at radius 2 is 2.46 bits per heavy atom. The highest BCUT2D eigenvalue weighted by Gasteiger charge is 2.02. The topological polar surface area (TPSA) is 24.4 Å². The number of rotatable bonds is 5. The van der Waals surface area contributed by atoms with Crippen LogP contribution >= 0.6 is 11.8 Å². The van der Waals surface area contributed by atoms with Crippen LogP contribution in [0.2, 0.25) is 0 Å². The lowest BCUT2D eigenvalue weighted by Crippen LogP contribution is -2.27. The second-order valence-corrected chi connectivity index (χ2v) is 4.23. The van der Waals surface area contributed by atoms with E-state index >= 15 is 0 Å². The van der Waals surface area contributed by atoms with Gasteiger partial charge in [-0.15, -0.1) is 6.58 Å². The third-order valence-electron chi connectivity index (χ3n) is 1.94. The summed E-state index contributed by atoms with van der Waals surface area (Å²) >= 11 is 1.91. The maximum atomic E-state index is 4.42. The molecule has 0 aromatic heterocycles. The number of hydrogen-bond donors (Lipinski definition) is 1. The number of thioether (sulfide) groups is 1. The minimum absolute atomic E-state index is 1.02. The second-order valence-electron chi connectivity index (χ2n) is 3.08. The summed E-state index contributed by atoms with van der Waals surface area (Å²) in [5.41, 5.74) is 0. The molecule has 2 nitrogen and oxygen atoms in total. The Kier molecular flexibility index (Phi) is 5.74. The molecule has 0 amide bonds. The highest BCUT2D eigenvalue weighted by atomic mass is 32.2. The van der Waals surface area contributed by atoms with Crippen molar-refractivity contribution in [2.45, 2.75) is 19.3 Å². The fourth-order valence-electron chi connectivity index (χ4n) is 1.28. The van der Waals surface area contributed by atoms with Gasteiger partial charge >= 0.3 is 0 Å². The molecule has 1 rings (SSSR count). The van der Waals surface area contributed by atoms with E-state index in [9.17, 15) is 0 Å². The number of nitrogens with zero attached hydrogens (tertiary/aromatic N) is 1. The lowest BCUT2D eigenvalue weighted by molar-refractivity contribution is 0.712. The molecule has 0 unspecified atom stereocenters. The fraction of sp³-hybridized carbons (Fsp3) is 0.700. The third kappa shape index (κ3) is 4.98. The molecular weight excluding hydrogens is 180 g/mol. The summed E-state index contributed by atoms with van der Waals surface area (Å²) in [6, 6.07) is 0. The molecule has 0 aromatic rings. The largest absolute Gasteiger partial charge is 0.373 e. The Balaban J connectivity index is 1.98. The first-order chi connectivity index (χ1) is 6.43. The van der Waals surface area contributed by atoms with Crippen molar-refractivity contribution >= 4 is 17.6 Å². The van der Waals surface area contributed by atoms with Crippen LogP contribution in [0.25, 0.3) is 0 Å². The molecule has 3 heteroatoms. The van der Waals surface area contributed by atoms with Crippen LogP contribution in [0.4, 0.5) is 0 Å². The molecule has 1 aliphatic rings. The average molecular weight is 198 g/mol. The van der Waals surface area contributed by atoms with Gasteiger partial charge in [0.15, 0.2) is 0 Å². The van der Waals surface area contributed by atoms with E-state index in [1.165, 1.54) is 18.7 Å². The van der Waals surface area contributed by atoms with Gasteiger partial charge in [0.1, 0.15) is 0 Å². The van der Waals surface area contributed by atoms with Crippen LogP contribution in [0.3, 0.4) is 0 Å². The summed E-state index contributed by atoms with van der Waals surface area (Å²) in [7, 11) is 0. The van der Waals surface area contributed by atoms with Gasteiger partial charge in [-0.25, -0.2) is 0 Å². The van der Waals surface area contributed by atoms with E-state index in [0.717, 1.165) is 31.0 Å². The Morgan fingerprint density at radius 1 is 1.54 bits per heavy atom. The zero-order valence-corrected chi connectivity index (χ0v) is 8.91. The molecule has 0 spiro atoms. The first-order valence-corrected chi connectivity index (χ1v) is 6.05. The van der Waals surface area contributed by atoms with Crippen molar-refractivity contribution in [1.29, 1.82) is 0 Å². The van der Waals surface area contributed by atoms with Crippen molar-refractivity contribution in [2.24, 2.45) is 4.99 Å². The second kappa shape index (κ2) is 7.01. The van der Waals surface area contributed by atoms with Crippen LogP contribution in [0.1, 0.15) is 19.3 Å². The van der Waals surface area contributed by atoms with E-state index in [4.69, 9.17) is 0 Å². The Labute approximate surface area is 84.9 Å². The molecule has 1 N–H and O–H groups in total. The van der Waals surface area contributed by atoms with E-state index in [0.29, 0.717) is 0 Å². The summed E-state index contributed by atoms with van der Waals surface area (Å²) in [6.45, 7) is 5.74. The number of nitrogens with one attached hydrogen (secondary N) is 1. The van der Waals surface area contributed by atoms with Crippen molar-refractivity contribution < 1.29 is 0 Å². The minimum atomic E-state index is 1.02. The van der Waals surface area contributed by atoms with Gasteiger partial charge in [0.25, 0.3) is 0 Å². The van der Waals surface area contributed by atoms with Crippen molar-refractivity contribution in [2.75, 3.05) is 24.6 Å². The monoisotopic (exact) mass is 198 g/mol. The molecule has 0 aliphatic carbocycles. The van der Waals surface area contributed by atoms with Gasteiger partial charge in [-0.05, 0) is 12.8 Å². The zero-order chi connectivity index (χ0) is 9.36. The maximum Gasteiger partial charge on any atom is 0.0963 e. The van der Waals surface area contributed by atoms with Crippen LogP contribution in [0.5, 0.6) is 0 Å². The van der Waals surface area contributed by atoms with E-state index in [1.54, 1.807) is 0 Å². The highest BCUT2D eigenvalue weighted by molar-refractivity contribution is 7.99. The van der Waals surface area contributed by atoms with Crippen LogP contribution < -0.4 is 5.32 Å². The summed E-state index contributed by atoms with van der Waals surface area (Å²) in [5.74, 6) is 3.41. The first kappa shape index (κ1) is 10.6. The number of aliphatic imine (C=N–C) groups is 1. The Morgan fingerprint density at radius 3 is 3.15 bits per heavy atom. The predicted molar refractivity (Wildman–Crippen MR) is 61.7 cm³/mol. The molecule has 74 valence electrons. The summed E-state index contributed by atoms with van der Waals surface area (Å²) in [6.07, 6.45) is 5.65. The lowest BCUT2D eigenvalue weighted by Gasteiger charge is -2.13. The van der Waals surface area contributed by atoms with Crippen molar-refractivity contribution in [3.63, 3.8) is 0 Å². The van der Waals surface area contributed by atoms with Gasteiger partial charge in [-0.1, -0.05) is 6.08 Å². The van der Waals surface area contributed by atoms with E-state index in [-0.39, 0.29) is 0 Å². The standard InChI is InChI=1S/C10H18N2S/c1-2-8-13-9-7-12-10-5-3-4-6-11-10/h2H,1,3-9H2,(H,11,12). The summed E-state index contributed by atoms with van der Waals surface area (Å²) < 4.78 is 0. The molecule has 0 saturated heterocycles. The lowest BCUT2D eigenvalue weighted by atomic mass is 10.2. The van der Waals surface area contributed by atoms with E-state index in [2.05, 4.69) is 16.9 Å². The molecule has 0 fully saturated rings. The molecule has 0 saturated carbocycles. The number of amidine groups is 1. The quantitative estimate of drug-likeness (QED) is 0.540. The number of hydrogen-bond acceptors (Lipinski definition) is 3. The van der Waals surface area contributed by atoms with Gasteiger partial charge in [0.05, 0.1) is 5.84 Å². The van der Waals surface area contributed by atoms with Gasteiger partial charge in [-0.3, -0.25) is 4.99 Å². The highest BCUT2D eigenvalue weighted by Crippen LogP contribution is 2.04. The zero-order valence-electron chi connectivity index (χ0n) is 8.09. The molecule has 0 radical (unpaired) electrons. The Bertz CT molecular complexity index is 178. The van der Waals surface area contributed by atoms with Crippen molar-refractivity contribution in [3.05, 3.63) is 12.7 Å². The molecule has 0 aromatic carbocycles. The molecule has 1 aliphatic heterocycles. The van der Waals surface area contributed by atoms with Crippen molar-refractivity contribution in [1.82, 2.24) is 5.32 Å². The average Bonchev–Trinajstić information content (AvgIpc) is 2.19. The third-order valence-corrected chi connectivity index (χ3v) is 2.90. The van der Waals surface area contributed by atoms with E-state index in [1.807, 2.05) is 17.8 Å². The molecule has 1 heterocycles. The van der Waals surface area contributed by atoms with Crippen LogP contribution in [0, 0.1) is 0 Å². The smallest absolute Gasteiger partial charge is 0.0963 e. The maximum absolute atomic E-state index is 4.42. The van der Waals surface area contributed by atoms with Gasteiger partial charge < -0.3 is 5.32 Å². The first-order valence-electron chi connectivity index (χ1n) is 4.89. The molecule has 0 bridgehead atoms. The molecular formula is C10H18N2S. The molecule has 0 atom stereocenters. The van der Waals surface area contributed by atoms with Crippen LogP contribution in [-0.2, 0) is 0 Å². The van der Waals surface area contributed by atoms with Gasteiger partial charge in [0.2, 0.25) is 0 Å². The minimum Gasteiger partial charge on any atom is -0.373 e. The van der Waals surface area contributed by atoms with Gasteiger partial charge in [0, 0.05) is 31.0 Å². The van der Waals surface area contributed by atoms with Crippen molar-refractivity contribution in [3.8, 4) is 0 Å². The predicted octanol–water partition coefficient (Wildman–Crippen LogP) is 2.08. The normalized spacial score (nSPS) is 16.5.